The van der Waals surface area contributed by atoms with Crippen LogP contribution in [-0.2, 0) is 20.1 Å². The zero-order valence-electron chi connectivity index (χ0n) is 17.9. The van der Waals surface area contributed by atoms with Crippen molar-refractivity contribution in [3.05, 3.63) is 29.8 Å². The van der Waals surface area contributed by atoms with E-state index < -0.39 is 0 Å². The van der Waals surface area contributed by atoms with E-state index in [0.29, 0.717) is 18.2 Å². The van der Waals surface area contributed by atoms with Crippen LogP contribution in [0.5, 0.6) is 0 Å². The van der Waals surface area contributed by atoms with Gasteiger partial charge in [-0.15, -0.1) is 0 Å². The first-order chi connectivity index (χ1) is 13.8. The van der Waals surface area contributed by atoms with E-state index in [1.54, 1.807) is 4.90 Å². The van der Waals surface area contributed by atoms with Crippen LogP contribution in [0.15, 0.2) is 24.3 Å². The molecular formula is C23H34N2O3S. The summed E-state index contributed by atoms with van der Waals surface area (Å²) in [7, 11) is 0. The van der Waals surface area contributed by atoms with Gasteiger partial charge in [0.05, 0.1) is 0 Å². The smallest absolute Gasteiger partial charge is 0.247 e. The lowest BCUT2D eigenvalue weighted by Gasteiger charge is -2.27. The van der Waals surface area contributed by atoms with E-state index >= 15 is 0 Å². The molecule has 1 atom stereocenters. The minimum atomic E-state index is -0.356. The number of anilines is 1. The summed E-state index contributed by atoms with van der Waals surface area (Å²) in [5.41, 5.74) is 1.96. The Kier molecular flexibility index (Phi) is 7.63. The highest BCUT2D eigenvalue weighted by molar-refractivity contribution is 7.99. The summed E-state index contributed by atoms with van der Waals surface area (Å²) in [4.78, 5) is 27.3. The minimum absolute atomic E-state index is 0.0704. The normalized spacial score (nSPS) is 20.7. The molecule has 2 saturated heterocycles. The number of carbonyl (C=O) groups is 2. The van der Waals surface area contributed by atoms with Crippen LogP contribution in [0.2, 0.25) is 0 Å². The molecule has 0 spiro atoms. The molecule has 0 aliphatic carbocycles. The molecule has 5 nitrogen and oxygen atoms in total. The Morgan fingerprint density at radius 2 is 1.97 bits per heavy atom. The topological polar surface area (TPSA) is 58.6 Å². The second-order valence-electron chi connectivity index (χ2n) is 9.29. The molecule has 0 bridgehead atoms. The number of nitrogens with one attached hydrogen (secondary N) is 1. The highest BCUT2D eigenvalue weighted by Crippen LogP contribution is 2.28. The number of rotatable bonds is 6. The summed E-state index contributed by atoms with van der Waals surface area (Å²) in [5.74, 6) is 0.948. The fraction of sp³-hybridized carbons (Fsp3) is 0.652. The Labute approximate surface area is 178 Å². The molecule has 1 aromatic rings. The lowest BCUT2D eigenvalue weighted by Crippen LogP contribution is -2.44. The van der Waals surface area contributed by atoms with Gasteiger partial charge in [-0.2, -0.15) is 11.8 Å². The summed E-state index contributed by atoms with van der Waals surface area (Å²) < 4.78 is 5.43. The summed E-state index contributed by atoms with van der Waals surface area (Å²) >= 11 is 1.97. The number of carbonyl (C=O) groups excluding carboxylic acids is 2. The predicted octanol–water partition coefficient (Wildman–Crippen LogP) is 4.46. The quantitative estimate of drug-likeness (QED) is 0.741. The summed E-state index contributed by atoms with van der Waals surface area (Å²) in [5, 5.41) is 3.70. The predicted molar refractivity (Wildman–Crippen MR) is 119 cm³/mol. The van der Waals surface area contributed by atoms with E-state index in [-0.39, 0.29) is 23.3 Å². The van der Waals surface area contributed by atoms with Gasteiger partial charge < -0.3 is 15.0 Å². The summed E-state index contributed by atoms with van der Waals surface area (Å²) in [6.45, 7) is 8.56. The highest BCUT2D eigenvalue weighted by Gasteiger charge is 2.35. The SMILES string of the molecule is CC(C)(C)CC(=O)N1CCCC1C(=O)Nc1cccc(CSC2CCOCC2)c1. The molecule has 6 heteroatoms. The van der Waals surface area contributed by atoms with Crippen molar-refractivity contribution < 1.29 is 14.3 Å². The van der Waals surface area contributed by atoms with Crippen molar-refractivity contribution in [3.8, 4) is 0 Å². The van der Waals surface area contributed by atoms with E-state index in [1.165, 1.54) is 5.56 Å². The largest absolute Gasteiger partial charge is 0.381 e. The number of hydrogen-bond acceptors (Lipinski definition) is 4. The number of benzene rings is 1. The molecule has 2 aliphatic heterocycles. The first-order valence-corrected chi connectivity index (χ1v) is 11.8. The van der Waals surface area contributed by atoms with Crippen LogP contribution in [0.4, 0.5) is 5.69 Å². The lowest BCUT2D eigenvalue weighted by molar-refractivity contribution is -0.138. The third kappa shape index (κ3) is 6.75. The number of thioether (sulfide) groups is 1. The van der Waals surface area contributed by atoms with Crippen molar-refractivity contribution in [2.24, 2.45) is 5.41 Å². The summed E-state index contributed by atoms with van der Waals surface area (Å²) in [6, 6.07) is 7.73. The molecule has 0 radical (unpaired) electrons. The molecule has 0 saturated carbocycles. The van der Waals surface area contributed by atoms with E-state index in [2.05, 4.69) is 38.2 Å². The van der Waals surface area contributed by atoms with Gasteiger partial charge in [-0.3, -0.25) is 9.59 Å². The van der Waals surface area contributed by atoms with E-state index in [0.717, 1.165) is 50.3 Å². The van der Waals surface area contributed by atoms with Crippen molar-refractivity contribution in [2.45, 2.75) is 69.9 Å². The highest BCUT2D eigenvalue weighted by atomic mass is 32.2. The Morgan fingerprint density at radius 1 is 1.21 bits per heavy atom. The number of nitrogens with zero attached hydrogens (tertiary/aromatic N) is 1. The van der Waals surface area contributed by atoms with Gasteiger partial charge in [0, 0.05) is 42.9 Å². The molecule has 1 unspecified atom stereocenters. The van der Waals surface area contributed by atoms with Gasteiger partial charge in [-0.1, -0.05) is 32.9 Å². The van der Waals surface area contributed by atoms with Crippen LogP contribution >= 0.6 is 11.8 Å². The molecule has 2 fully saturated rings. The van der Waals surface area contributed by atoms with Crippen LogP contribution in [0.25, 0.3) is 0 Å². The van der Waals surface area contributed by atoms with Gasteiger partial charge >= 0.3 is 0 Å². The number of ether oxygens (including phenoxy) is 1. The van der Waals surface area contributed by atoms with Gasteiger partial charge in [0.2, 0.25) is 11.8 Å². The van der Waals surface area contributed by atoms with Crippen LogP contribution < -0.4 is 5.32 Å². The van der Waals surface area contributed by atoms with Gasteiger partial charge in [-0.25, -0.2) is 0 Å². The fourth-order valence-electron chi connectivity index (χ4n) is 3.91. The van der Waals surface area contributed by atoms with Crippen molar-refractivity contribution in [1.82, 2.24) is 4.90 Å². The maximum absolute atomic E-state index is 12.9. The second-order valence-corrected chi connectivity index (χ2v) is 10.6. The standard InChI is InChI=1S/C23H34N2O3S/c1-23(2,3)15-21(26)25-11-5-8-20(25)22(27)24-18-7-4-6-17(14-18)16-29-19-9-12-28-13-10-19/h4,6-7,14,19-20H,5,8-13,15-16H2,1-3H3,(H,24,27). The van der Waals surface area contributed by atoms with Crippen molar-refractivity contribution >= 4 is 29.3 Å². The summed E-state index contributed by atoms with van der Waals surface area (Å²) in [6.07, 6.45) is 4.31. The van der Waals surface area contributed by atoms with Crippen LogP contribution in [-0.4, -0.2) is 47.8 Å². The van der Waals surface area contributed by atoms with Crippen molar-refractivity contribution in [1.29, 1.82) is 0 Å². The maximum Gasteiger partial charge on any atom is 0.247 e. The van der Waals surface area contributed by atoms with Crippen molar-refractivity contribution in [2.75, 3.05) is 25.1 Å². The number of amides is 2. The molecule has 2 heterocycles. The zero-order chi connectivity index (χ0) is 20.9. The molecule has 2 aliphatic rings. The van der Waals surface area contributed by atoms with Gasteiger partial charge in [-0.05, 0) is 48.8 Å². The zero-order valence-corrected chi connectivity index (χ0v) is 18.7. The Hall–Kier alpha value is -1.53. The minimum Gasteiger partial charge on any atom is -0.381 e. The number of hydrogen-bond donors (Lipinski definition) is 1. The van der Waals surface area contributed by atoms with Crippen LogP contribution in [0, 0.1) is 5.41 Å². The van der Waals surface area contributed by atoms with Gasteiger partial charge in [0.15, 0.2) is 0 Å². The second kappa shape index (κ2) is 9.98. The average Bonchev–Trinajstić information content (AvgIpc) is 3.16. The van der Waals surface area contributed by atoms with Gasteiger partial charge in [0.1, 0.15) is 6.04 Å². The van der Waals surface area contributed by atoms with Crippen LogP contribution in [0.1, 0.15) is 58.4 Å². The van der Waals surface area contributed by atoms with E-state index in [4.69, 9.17) is 4.74 Å². The third-order valence-corrected chi connectivity index (χ3v) is 6.85. The molecule has 2 amide bonds. The Morgan fingerprint density at radius 3 is 2.69 bits per heavy atom. The Bertz CT molecular complexity index is 710. The average molecular weight is 419 g/mol. The van der Waals surface area contributed by atoms with Crippen LogP contribution in [0.3, 0.4) is 0 Å². The monoisotopic (exact) mass is 418 g/mol. The number of likely N-dealkylation sites (tertiary alicyclic amines) is 1. The fourth-order valence-corrected chi connectivity index (χ4v) is 5.05. The molecular weight excluding hydrogens is 384 g/mol. The molecule has 160 valence electrons. The first kappa shape index (κ1) is 22.2. The van der Waals surface area contributed by atoms with Gasteiger partial charge in [0.25, 0.3) is 0 Å². The Balaban J connectivity index is 1.56. The first-order valence-electron chi connectivity index (χ1n) is 10.7. The van der Waals surface area contributed by atoms with E-state index in [1.807, 2.05) is 23.9 Å². The van der Waals surface area contributed by atoms with Crippen molar-refractivity contribution in [3.63, 3.8) is 0 Å². The molecule has 1 N–H and O–H groups in total. The third-order valence-electron chi connectivity index (χ3n) is 5.41. The molecule has 0 aromatic heterocycles. The molecule has 29 heavy (non-hydrogen) atoms. The molecule has 3 rings (SSSR count). The maximum atomic E-state index is 12.9. The molecule has 1 aromatic carbocycles. The lowest BCUT2D eigenvalue weighted by atomic mass is 9.91. The van der Waals surface area contributed by atoms with E-state index in [9.17, 15) is 9.59 Å².